The van der Waals surface area contributed by atoms with Gasteiger partial charge in [-0.15, -0.1) is 0 Å². The average molecular weight is 639 g/mol. The van der Waals surface area contributed by atoms with Gasteiger partial charge >= 0.3 is 14.5 Å². The lowest BCUT2D eigenvalue weighted by atomic mass is 10.1. The molecule has 1 saturated heterocycles. The van der Waals surface area contributed by atoms with E-state index in [1.807, 2.05) is 18.4 Å². The van der Waals surface area contributed by atoms with Gasteiger partial charge in [-0.05, 0) is 57.9 Å². The van der Waals surface area contributed by atoms with Gasteiger partial charge in [-0.2, -0.15) is 9.97 Å². The Balaban J connectivity index is 0.00000162. The Kier molecular flexibility index (Phi) is 12.8. The van der Waals surface area contributed by atoms with Crippen LogP contribution in [0.1, 0.15) is 74.0 Å². The number of methoxy groups -OCH3 is 1. The molecule has 0 spiro atoms. The quantitative estimate of drug-likeness (QED) is 0.167. The number of nitrogen functional groups attached to an aromatic ring is 1. The highest BCUT2D eigenvalue weighted by atomic mass is 35.5. The maximum Gasteiger partial charge on any atom is 0.326 e. The van der Waals surface area contributed by atoms with Crippen LogP contribution >= 0.6 is 20.1 Å². The van der Waals surface area contributed by atoms with E-state index in [1.165, 1.54) is 13.5 Å². The molecule has 0 aliphatic carbocycles. The molecule has 1 aliphatic rings. The van der Waals surface area contributed by atoms with Crippen molar-refractivity contribution in [1.82, 2.24) is 24.6 Å². The van der Waals surface area contributed by atoms with Crippen molar-refractivity contribution in [2.24, 2.45) is 5.92 Å². The largest absolute Gasteiger partial charge is 0.479 e. The van der Waals surface area contributed by atoms with Gasteiger partial charge in [-0.3, -0.25) is 9.36 Å². The van der Waals surface area contributed by atoms with Crippen molar-refractivity contribution >= 4 is 43.2 Å². The first kappa shape index (κ1) is 34.7. The van der Waals surface area contributed by atoms with Gasteiger partial charge in [-0.1, -0.05) is 45.7 Å². The third-order valence-electron chi connectivity index (χ3n) is 6.47. The van der Waals surface area contributed by atoms with Crippen molar-refractivity contribution < 1.29 is 28.1 Å². The molecule has 4 rings (SSSR count). The fourth-order valence-corrected chi connectivity index (χ4v) is 5.56. The number of rotatable bonds is 12. The number of benzene rings is 1. The summed E-state index contributed by atoms with van der Waals surface area (Å²) < 4.78 is 31.4. The molecule has 0 amide bonds. The molecule has 12 nitrogen and oxygen atoms in total. The molecule has 1 fully saturated rings. The van der Waals surface area contributed by atoms with Crippen LogP contribution in [0.15, 0.2) is 30.6 Å². The van der Waals surface area contributed by atoms with E-state index in [4.69, 9.17) is 40.6 Å². The van der Waals surface area contributed by atoms with E-state index in [0.29, 0.717) is 40.7 Å². The zero-order chi connectivity index (χ0) is 31.7. The summed E-state index contributed by atoms with van der Waals surface area (Å²) in [6.45, 7) is 13.8. The van der Waals surface area contributed by atoms with Crippen molar-refractivity contribution in [1.29, 1.82) is 0 Å². The number of hydrogen-bond acceptors (Lipinski definition) is 11. The number of hydrogen-bond donors (Lipinski definition) is 2. The molecule has 3 N–H and O–H groups in total. The number of esters is 1. The molecule has 3 aromatic rings. The van der Waals surface area contributed by atoms with E-state index in [-0.39, 0.29) is 36.9 Å². The first-order chi connectivity index (χ1) is 20.4. The number of nitrogens with one attached hydrogen (secondary N) is 1. The monoisotopic (exact) mass is 638 g/mol. The number of ether oxygens (including phenoxy) is 3. The number of carbonyl (C=O) groups is 1. The van der Waals surface area contributed by atoms with Crippen molar-refractivity contribution in [2.75, 3.05) is 19.5 Å². The molecule has 3 heterocycles. The molecule has 2 aromatic heterocycles. The summed E-state index contributed by atoms with van der Waals surface area (Å²) in [4.78, 5) is 25.7. The fraction of sp³-hybridized carbons (Fsp3) is 0.586. The van der Waals surface area contributed by atoms with E-state index >= 15 is 0 Å². The third-order valence-corrected chi connectivity index (χ3v) is 8.23. The van der Waals surface area contributed by atoms with E-state index < -0.39 is 20.0 Å². The number of nitrogens with two attached hydrogens (primary N) is 1. The lowest BCUT2D eigenvalue weighted by Gasteiger charge is -2.30. The van der Waals surface area contributed by atoms with E-state index in [0.717, 1.165) is 0 Å². The van der Waals surface area contributed by atoms with E-state index in [1.54, 1.807) is 44.4 Å². The molecule has 0 saturated carbocycles. The summed E-state index contributed by atoms with van der Waals surface area (Å²) in [5, 5.41) is 3.78. The molecule has 5 atom stereocenters. The Bertz CT molecular complexity index is 1330. The minimum Gasteiger partial charge on any atom is -0.479 e. The Morgan fingerprint density at radius 3 is 2.56 bits per heavy atom. The van der Waals surface area contributed by atoms with Crippen molar-refractivity contribution in [3.05, 3.63) is 35.6 Å². The van der Waals surface area contributed by atoms with Gasteiger partial charge in [-0.25, -0.2) is 10.1 Å². The lowest BCUT2D eigenvalue weighted by Crippen LogP contribution is -2.47. The lowest BCUT2D eigenvalue weighted by molar-refractivity contribution is -0.154. The van der Waals surface area contributed by atoms with Crippen molar-refractivity contribution in [3.8, 4) is 11.6 Å². The van der Waals surface area contributed by atoms with Crippen LogP contribution in [-0.2, 0) is 18.8 Å². The summed E-state index contributed by atoms with van der Waals surface area (Å²) in [7, 11) is -0.266. The second-order valence-electron chi connectivity index (χ2n) is 10.9. The Hall–Kier alpha value is -2.76. The van der Waals surface area contributed by atoms with Crippen LogP contribution in [0.3, 0.4) is 0 Å². The molecule has 1 aliphatic heterocycles. The normalized spacial score (nSPS) is 19.8. The Labute approximate surface area is 259 Å². The highest BCUT2D eigenvalue weighted by molar-refractivity contribution is 7.45. The zero-order valence-corrected chi connectivity index (χ0v) is 27.8. The van der Waals surface area contributed by atoms with E-state index in [9.17, 15) is 4.79 Å². The van der Waals surface area contributed by atoms with Gasteiger partial charge in [0, 0.05) is 10.9 Å². The maximum absolute atomic E-state index is 12.9. The number of aromatic nitrogens is 4. The maximum atomic E-state index is 12.9. The molecular weight excluding hydrogens is 595 g/mol. The zero-order valence-electron chi connectivity index (χ0n) is 26.2. The average Bonchev–Trinajstić information content (AvgIpc) is 3.55. The van der Waals surface area contributed by atoms with Crippen LogP contribution in [0.5, 0.6) is 11.6 Å². The topological polar surface area (TPSA) is 145 Å². The first-order valence-corrected chi connectivity index (χ1v) is 16.0. The van der Waals surface area contributed by atoms with Crippen LogP contribution < -0.4 is 20.1 Å². The Morgan fingerprint density at radius 1 is 1.26 bits per heavy atom. The second-order valence-corrected chi connectivity index (χ2v) is 12.6. The number of imidazole rings is 1. The Morgan fingerprint density at radius 2 is 1.93 bits per heavy atom. The molecule has 4 unspecified atom stereocenters. The molecule has 43 heavy (non-hydrogen) atoms. The SMILES string of the molecule is CCC.CCC(C)OC(=O)C(C)(C)NP(OCC1CC(C)[C@H](n2cnc3c(OC)nc(N)nc32)O1)Oc1ccc(Cl)cc1. The number of carbonyl (C=O) groups excluding carboxylic acids is 1. The molecule has 0 bridgehead atoms. The molecule has 238 valence electrons. The highest BCUT2D eigenvalue weighted by Crippen LogP contribution is 2.42. The van der Waals surface area contributed by atoms with Gasteiger partial charge < -0.3 is 29.0 Å². The van der Waals surface area contributed by atoms with Crippen LogP contribution in [-0.4, -0.2) is 57.0 Å². The molecule has 0 radical (unpaired) electrons. The fourth-order valence-electron chi connectivity index (χ4n) is 4.11. The summed E-state index contributed by atoms with van der Waals surface area (Å²) >= 11 is 6.03. The number of fused-ring (bicyclic) bond motifs is 1. The third kappa shape index (κ3) is 9.36. The van der Waals surface area contributed by atoms with Gasteiger partial charge in [0.15, 0.2) is 11.2 Å². The number of halogens is 1. The van der Waals surface area contributed by atoms with Crippen LogP contribution in [0.2, 0.25) is 5.02 Å². The standard InChI is InChI=1S/C26H36ClN6O6P.C3H8/c1-7-16(3)37-24(34)26(4,5)32-40(39-18-10-8-17(27)9-11-18)36-13-19-12-15(2)23(38-19)33-14-29-20-21(33)30-25(28)31-22(20)35-6;1-3-2/h8-11,14-16,19,23,32H,7,12-13H2,1-6H3,(H2,28,30,31);3H2,1-2H3/t15?,16?,19?,23-,40?;/m1./s1. The molecule has 1 aromatic carbocycles. The molecule has 14 heteroatoms. The number of anilines is 1. The van der Waals surface area contributed by atoms with E-state index in [2.05, 4.69) is 40.8 Å². The predicted octanol–water partition coefficient (Wildman–Crippen LogP) is 6.44. The summed E-state index contributed by atoms with van der Waals surface area (Å²) in [5.41, 5.74) is 5.85. The van der Waals surface area contributed by atoms with Crippen molar-refractivity contribution in [2.45, 2.75) is 91.7 Å². The van der Waals surface area contributed by atoms with Crippen molar-refractivity contribution in [3.63, 3.8) is 0 Å². The second kappa shape index (κ2) is 15.8. The predicted molar refractivity (Wildman–Crippen MR) is 168 cm³/mol. The van der Waals surface area contributed by atoms with Gasteiger partial charge in [0.25, 0.3) is 0 Å². The first-order valence-electron chi connectivity index (χ1n) is 14.5. The van der Waals surface area contributed by atoms with Gasteiger partial charge in [0.05, 0.1) is 32.3 Å². The van der Waals surface area contributed by atoms with Crippen LogP contribution in [0.25, 0.3) is 11.2 Å². The van der Waals surface area contributed by atoms with Gasteiger partial charge in [0.2, 0.25) is 11.8 Å². The minimum absolute atomic E-state index is 0.0853. The smallest absolute Gasteiger partial charge is 0.326 e. The van der Waals surface area contributed by atoms with Crippen LogP contribution in [0, 0.1) is 5.92 Å². The van der Waals surface area contributed by atoms with Gasteiger partial charge in [0.1, 0.15) is 17.5 Å². The summed E-state index contributed by atoms with van der Waals surface area (Å²) in [5.74, 6) is 0.655. The molecular formula is C29H44ClN6O6P. The highest BCUT2D eigenvalue weighted by Gasteiger charge is 2.38. The van der Waals surface area contributed by atoms with Crippen LogP contribution in [0.4, 0.5) is 5.95 Å². The summed E-state index contributed by atoms with van der Waals surface area (Å²) in [6, 6.07) is 6.92. The minimum atomic E-state index is -1.77. The summed E-state index contributed by atoms with van der Waals surface area (Å²) in [6.07, 6.45) is 3.51. The number of nitrogens with zero attached hydrogens (tertiary/aromatic N) is 4.